The highest BCUT2D eigenvalue weighted by atomic mass is 16.6. The number of nitrogens with one attached hydrogen (secondary N) is 1. The van der Waals surface area contributed by atoms with Crippen molar-refractivity contribution < 1.29 is 19.2 Å². The molecular formula is C21H16N2O5. The number of carbonyl (C=O) groups is 2. The number of nitrogens with zero attached hydrogens (tertiary/aromatic N) is 1. The number of non-ortho nitro benzene ring substituents is 1. The van der Waals surface area contributed by atoms with E-state index < -0.39 is 10.9 Å². The van der Waals surface area contributed by atoms with Gasteiger partial charge in [-0.25, -0.2) is 4.79 Å². The van der Waals surface area contributed by atoms with Crippen molar-refractivity contribution in [2.75, 3.05) is 5.32 Å². The Kier molecular flexibility index (Phi) is 5.76. The monoisotopic (exact) mass is 376 g/mol. The fourth-order valence-corrected chi connectivity index (χ4v) is 2.43. The molecule has 1 amide bonds. The Labute approximate surface area is 160 Å². The normalized spacial score (nSPS) is 10.1. The molecule has 0 saturated carbocycles. The van der Waals surface area contributed by atoms with Crippen molar-refractivity contribution in [2.45, 2.75) is 6.61 Å². The highest BCUT2D eigenvalue weighted by molar-refractivity contribution is 6.04. The maximum absolute atomic E-state index is 12.1. The largest absolute Gasteiger partial charge is 0.457 e. The second-order valence-electron chi connectivity index (χ2n) is 5.90. The predicted molar refractivity (Wildman–Crippen MR) is 103 cm³/mol. The van der Waals surface area contributed by atoms with E-state index in [-0.39, 0.29) is 18.2 Å². The van der Waals surface area contributed by atoms with Gasteiger partial charge in [0.15, 0.2) is 0 Å². The number of anilines is 1. The lowest BCUT2D eigenvalue weighted by Gasteiger charge is -2.07. The van der Waals surface area contributed by atoms with Crippen molar-refractivity contribution in [1.29, 1.82) is 0 Å². The molecule has 1 N–H and O–H groups in total. The van der Waals surface area contributed by atoms with E-state index in [0.29, 0.717) is 22.4 Å². The molecule has 3 rings (SSSR count). The van der Waals surface area contributed by atoms with Gasteiger partial charge in [0.05, 0.1) is 10.5 Å². The molecule has 0 fully saturated rings. The third-order valence-electron chi connectivity index (χ3n) is 3.93. The average molecular weight is 376 g/mol. The zero-order valence-corrected chi connectivity index (χ0v) is 14.7. The van der Waals surface area contributed by atoms with Crippen LogP contribution in [0.3, 0.4) is 0 Å². The first-order chi connectivity index (χ1) is 13.5. The van der Waals surface area contributed by atoms with Crippen LogP contribution in [0, 0.1) is 10.1 Å². The number of rotatable bonds is 6. The molecule has 0 radical (unpaired) electrons. The number of hydrogen-bond donors (Lipinski definition) is 1. The van der Waals surface area contributed by atoms with E-state index in [9.17, 15) is 19.7 Å². The first kappa shape index (κ1) is 18.8. The molecule has 7 heteroatoms. The number of ether oxygens (including phenoxy) is 1. The molecule has 7 nitrogen and oxygen atoms in total. The zero-order chi connectivity index (χ0) is 19.9. The molecule has 28 heavy (non-hydrogen) atoms. The summed E-state index contributed by atoms with van der Waals surface area (Å²) in [5.41, 5.74) is 2.04. The quantitative estimate of drug-likeness (QED) is 0.395. The Hall–Kier alpha value is -4.00. The SMILES string of the molecule is O=C(Nc1ccc(C(=O)OCc2ccc([N+](=O)[O-])cc2)cc1)c1ccccc1. The summed E-state index contributed by atoms with van der Waals surface area (Å²) >= 11 is 0. The fraction of sp³-hybridized carbons (Fsp3) is 0.0476. The number of carbonyl (C=O) groups excluding carboxylic acids is 2. The molecular weight excluding hydrogens is 360 g/mol. The summed E-state index contributed by atoms with van der Waals surface area (Å²) in [6, 6.07) is 20.9. The van der Waals surface area contributed by atoms with E-state index in [0.717, 1.165) is 0 Å². The van der Waals surface area contributed by atoms with Crippen LogP contribution < -0.4 is 5.32 Å². The molecule has 0 aromatic heterocycles. The Morgan fingerprint density at radius 3 is 2.11 bits per heavy atom. The average Bonchev–Trinajstić information content (AvgIpc) is 2.73. The fourth-order valence-electron chi connectivity index (χ4n) is 2.43. The standard InChI is InChI=1S/C21H16N2O5/c24-20(16-4-2-1-3-5-16)22-18-10-8-17(9-11-18)21(25)28-14-15-6-12-19(13-7-15)23(26)27/h1-13H,14H2,(H,22,24). The molecule has 0 unspecified atom stereocenters. The van der Waals surface area contributed by atoms with Gasteiger partial charge < -0.3 is 10.1 Å². The maximum Gasteiger partial charge on any atom is 0.338 e. The summed E-state index contributed by atoms with van der Waals surface area (Å²) in [6.45, 7) is 0.00330. The molecule has 0 saturated heterocycles. The minimum atomic E-state index is -0.528. The molecule has 0 bridgehead atoms. The summed E-state index contributed by atoms with van der Waals surface area (Å²) in [6.07, 6.45) is 0. The lowest BCUT2D eigenvalue weighted by atomic mass is 10.2. The molecule has 0 atom stereocenters. The van der Waals surface area contributed by atoms with E-state index in [4.69, 9.17) is 4.74 Å². The van der Waals surface area contributed by atoms with E-state index in [1.54, 1.807) is 48.5 Å². The molecule has 0 heterocycles. The highest BCUT2D eigenvalue weighted by Crippen LogP contribution is 2.15. The summed E-state index contributed by atoms with van der Waals surface area (Å²) in [5, 5.41) is 13.4. The molecule has 0 aliphatic heterocycles. The van der Waals surface area contributed by atoms with Crippen molar-refractivity contribution in [2.24, 2.45) is 0 Å². The van der Waals surface area contributed by atoms with Gasteiger partial charge in [-0.3, -0.25) is 14.9 Å². The number of esters is 1. The topological polar surface area (TPSA) is 98.5 Å². The van der Waals surface area contributed by atoms with Gasteiger partial charge in [-0.1, -0.05) is 18.2 Å². The van der Waals surface area contributed by atoms with E-state index in [1.165, 1.54) is 24.3 Å². The summed E-state index contributed by atoms with van der Waals surface area (Å²) in [5.74, 6) is -0.770. The van der Waals surface area contributed by atoms with Gasteiger partial charge in [-0.2, -0.15) is 0 Å². The Balaban J connectivity index is 1.56. The number of benzene rings is 3. The summed E-state index contributed by atoms with van der Waals surface area (Å²) in [7, 11) is 0. The van der Waals surface area contributed by atoms with Gasteiger partial charge in [0.2, 0.25) is 0 Å². The third-order valence-corrected chi connectivity index (χ3v) is 3.93. The maximum atomic E-state index is 12.1. The number of hydrogen-bond acceptors (Lipinski definition) is 5. The van der Waals surface area contributed by atoms with Crippen LogP contribution in [0.25, 0.3) is 0 Å². The smallest absolute Gasteiger partial charge is 0.338 e. The van der Waals surface area contributed by atoms with Crippen molar-refractivity contribution in [3.05, 3.63) is 106 Å². The van der Waals surface area contributed by atoms with E-state index >= 15 is 0 Å². The van der Waals surface area contributed by atoms with Crippen LogP contribution >= 0.6 is 0 Å². The second-order valence-corrected chi connectivity index (χ2v) is 5.90. The summed E-state index contributed by atoms with van der Waals surface area (Å²) < 4.78 is 5.21. The number of amides is 1. The van der Waals surface area contributed by atoms with Crippen molar-refractivity contribution in [3.8, 4) is 0 Å². The van der Waals surface area contributed by atoms with Crippen LogP contribution in [0.2, 0.25) is 0 Å². The highest BCUT2D eigenvalue weighted by Gasteiger charge is 2.10. The summed E-state index contributed by atoms with van der Waals surface area (Å²) in [4.78, 5) is 34.4. The Bertz CT molecular complexity index is 984. The van der Waals surface area contributed by atoms with Crippen LogP contribution in [0.15, 0.2) is 78.9 Å². The van der Waals surface area contributed by atoms with Crippen molar-refractivity contribution in [3.63, 3.8) is 0 Å². The molecule has 140 valence electrons. The minimum Gasteiger partial charge on any atom is -0.457 e. The Morgan fingerprint density at radius 1 is 0.857 bits per heavy atom. The lowest BCUT2D eigenvalue weighted by molar-refractivity contribution is -0.384. The predicted octanol–water partition coefficient (Wildman–Crippen LogP) is 4.20. The lowest BCUT2D eigenvalue weighted by Crippen LogP contribution is -2.12. The van der Waals surface area contributed by atoms with Gasteiger partial charge in [0.25, 0.3) is 11.6 Å². The van der Waals surface area contributed by atoms with Gasteiger partial charge in [0.1, 0.15) is 6.61 Å². The van der Waals surface area contributed by atoms with Crippen LogP contribution in [0.5, 0.6) is 0 Å². The van der Waals surface area contributed by atoms with Crippen LogP contribution in [-0.2, 0) is 11.3 Å². The first-order valence-corrected chi connectivity index (χ1v) is 8.40. The number of nitro benzene ring substituents is 1. The first-order valence-electron chi connectivity index (χ1n) is 8.40. The van der Waals surface area contributed by atoms with Crippen LogP contribution in [-0.4, -0.2) is 16.8 Å². The van der Waals surface area contributed by atoms with Crippen molar-refractivity contribution >= 4 is 23.3 Å². The number of nitro groups is 1. The van der Waals surface area contributed by atoms with Gasteiger partial charge in [-0.15, -0.1) is 0 Å². The second kappa shape index (κ2) is 8.59. The van der Waals surface area contributed by atoms with E-state index in [2.05, 4.69) is 5.32 Å². The zero-order valence-electron chi connectivity index (χ0n) is 14.7. The molecule has 0 aliphatic carbocycles. The van der Waals surface area contributed by atoms with E-state index in [1.807, 2.05) is 6.07 Å². The van der Waals surface area contributed by atoms with Crippen LogP contribution in [0.1, 0.15) is 26.3 Å². The van der Waals surface area contributed by atoms with Gasteiger partial charge >= 0.3 is 5.97 Å². The molecule has 3 aromatic carbocycles. The van der Waals surface area contributed by atoms with Gasteiger partial charge in [0, 0.05) is 23.4 Å². The molecule has 3 aromatic rings. The van der Waals surface area contributed by atoms with Crippen molar-refractivity contribution in [1.82, 2.24) is 0 Å². The third kappa shape index (κ3) is 4.79. The Morgan fingerprint density at radius 2 is 1.50 bits per heavy atom. The molecule has 0 aliphatic rings. The minimum absolute atomic E-state index is 0.00330. The molecule has 0 spiro atoms. The van der Waals surface area contributed by atoms with Crippen LogP contribution in [0.4, 0.5) is 11.4 Å². The van der Waals surface area contributed by atoms with Gasteiger partial charge in [-0.05, 0) is 54.1 Å².